The van der Waals surface area contributed by atoms with Gasteiger partial charge in [-0.3, -0.25) is 14.3 Å². The van der Waals surface area contributed by atoms with Crippen LogP contribution in [0.15, 0.2) is 65.2 Å². The first-order valence-electron chi connectivity index (χ1n) is 8.85. The zero-order valence-electron chi connectivity index (χ0n) is 15.6. The number of nitrogens with one attached hydrogen (secondary N) is 1. The highest BCUT2D eigenvalue weighted by atomic mass is 16.5. The van der Waals surface area contributed by atoms with E-state index in [2.05, 4.69) is 10.4 Å². The van der Waals surface area contributed by atoms with Crippen molar-refractivity contribution >= 4 is 28.3 Å². The number of anilines is 1. The van der Waals surface area contributed by atoms with Gasteiger partial charge in [0.05, 0.1) is 11.9 Å². The summed E-state index contributed by atoms with van der Waals surface area (Å²) in [6.45, 7) is 0.172. The van der Waals surface area contributed by atoms with Crippen molar-refractivity contribution in [1.29, 1.82) is 0 Å². The number of ether oxygens (including phenoxy) is 1. The Kier molecular flexibility index (Phi) is 4.74. The van der Waals surface area contributed by atoms with E-state index in [0.29, 0.717) is 11.5 Å². The van der Waals surface area contributed by atoms with Gasteiger partial charge in [-0.1, -0.05) is 30.3 Å². The Bertz CT molecular complexity index is 1210. The van der Waals surface area contributed by atoms with Crippen LogP contribution in [0.3, 0.4) is 0 Å². The van der Waals surface area contributed by atoms with E-state index in [-0.39, 0.29) is 23.7 Å². The number of primary amides is 1. The van der Waals surface area contributed by atoms with Crippen molar-refractivity contribution in [2.45, 2.75) is 6.61 Å². The molecule has 8 nitrogen and oxygen atoms in total. The number of rotatable bonds is 6. The van der Waals surface area contributed by atoms with Crippen molar-refractivity contribution in [3.05, 3.63) is 78.0 Å². The number of aryl methyl sites for hydroxylation is 1. The molecule has 0 aliphatic carbocycles. The first-order chi connectivity index (χ1) is 14.0. The second-order valence-corrected chi connectivity index (χ2v) is 6.41. The van der Waals surface area contributed by atoms with Crippen LogP contribution in [0.5, 0.6) is 5.75 Å². The van der Waals surface area contributed by atoms with Crippen LogP contribution in [0.1, 0.15) is 26.8 Å². The van der Waals surface area contributed by atoms with E-state index >= 15 is 0 Å². The maximum absolute atomic E-state index is 12.4. The SMILES string of the molecule is Cn1ncc(NC(=O)c2ccc(COc3ccc4ccccc4c3)o2)c1C(N)=O. The summed E-state index contributed by atoms with van der Waals surface area (Å²) in [5.41, 5.74) is 5.64. The molecule has 0 fully saturated rings. The van der Waals surface area contributed by atoms with Crippen molar-refractivity contribution in [2.24, 2.45) is 12.8 Å². The van der Waals surface area contributed by atoms with E-state index in [9.17, 15) is 9.59 Å². The predicted octanol–water partition coefficient (Wildman–Crippen LogP) is 3.10. The summed E-state index contributed by atoms with van der Waals surface area (Å²) in [6.07, 6.45) is 1.35. The highest BCUT2D eigenvalue weighted by Gasteiger charge is 2.18. The molecule has 8 heteroatoms. The summed E-state index contributed by atoms with van der Waals surface area (Å²) in [7, 11) is 1.56. The minimum atomic E-state index is -0.691. The lowest BCUT2D eigenvalue weighted by atomic mass is 10.1. The molecule has 0 spiro atoms. The number of nitrogens with zero attached hydrogens (tertiary/aromatic N) is 2. The van der Waals surface area contributed by atoms with Gasteiger partial charge in [-0.15, -0.1) is 0 Å². The van der Waals surface area contributed by atoms with Gasteiger partial charge in [-0.2, -0.15) is 5.10 Å². The molecule has 0 aliphatic heterocycles. The quantitative estimate of drug-likeness (QED) is 0.525. The number of benzene rings is 2. The number of nitrogens with two attached hydrogens (primary N) is 1. The molecular formula is C21H18N4O4. The van der Waals surface area contributed by atoms with E-state index in [4.69, 9.17) is 14.9 Å². The highest BCUT2D eigenvalue weighted by molar-refractivity contribution is 6.06. The van der Waals surface area contributed by atoms with Gasteiger partial charge in [0.2, 0.25) is 0 Å². The van der Waals surface area contributed by atoms with Gasteiger partial charge in [0.25, 0.3) is 11.8 Å². The lowest BCUT2D eigenvalue weighted by Crippen LogP contribution is -2.20. The van der Waals surface area contributed by atoms with E-state index in [1.807, 2.05) is 42.5 Å². The third-order valence-corrected chi connectivity index (χ3v) is 4.41. The second-order valence-electron chi connectivity index (χ2n) is 6.41. The maximum Gasteiger partial charge on any atom is 0.291 e. The number of amides is 2. The third-order valence-electron chi connectivity index (χ3n) is 4.41. The lowest BCUT2D eigenvalue weighted by Gasteiger charge is -2.06. The van der Waals surface area contributed by atoms with Crippen molar-refractivity contribution < 1.29 is 18.7 Å². The lowest BCUT2D eigenvalue weighted by molar-refractivity contribution is 0.0992. The normalized spacial score (nSPS) is 10.8. The van der Waals surface area contributed by atoms with E-state index in [1.165, 1.54) is 16.9 Å². The number of furan rings is 1. The molecule has 0 unspecified atom stereocenters. The van der Waals surface area contributed by atoms with Crippen LogP contribution in [0.25, 0.3) is 10.8 Å². The summed E-state index contributed by atoms with van der Waals surface area (Å²) in [5.74, 6) is 0.0697. The molecule has 2 aromatic carbocycles. The van der Waals surface area contributed by atoms with E-state index in [0.717, 1.165) is 10.8 Å². The minimum absolute atomic E-state index is 0.0846. The van der Waals surface area contributed by atoms with Crippen LogP contribution in [0, 0.1) is 0 Å². The Morgan fingerprint density at radius 2 is 1.93 bits per heavy atom. The van der Waals surface area contributed by atoms with Crippen LogP contribution < -0.4 is 15.8 Å². The van der Waals surface area contributed by atoms with Crippen molar-refractivity contribution in [3.63, 3.8) is 0 Å². The third kappa shape index (κ3) is 3.81. The van der Waals surface area contributed by atoms with Crippen LogP contribution in [0.2, 0.25) is 0 Å². The molecule has 4 rings (SSSR count). The molecule has 2 aromatic heterocycles. The minimum Gasteiger partial charge on any atom is -0.486 e. The van der Waals surface area contributed by atoms with Crippen molar-refractivity contribution in [1.82, 2.24) is 9.78 Å². The zero-order valence-corrected chi connectivity index (χ0v) is 15.6. The number of carbonyl (C=O) groups excluding carboxylic acids is 2. The Hall–Kier alpha value is -4.07. The summed E-state index contributed by atoms with van der Waals surface area (Å²) in [6, 6.07) is 17.0. The predicted molar refractivity (Wildman–Crippen MR) is 107 cm³/mol. The second kappa shape index (κ2) is 7.51. The fourth-order valence-electron chi connectivity index (χ4n) is 2.99. The molecule has 0 bridgehead atoms. The van der Waals surface area contributed by atoms with Gasteiger partial charge in [0.15, 0.2) is 5.76 Å². The van der Waals surface area contributed by atoms with Crippen LogP contribution in [-0.4, -0.2) is 21.6 Å². The standard InChI is InChI=1S/C21H18N4O4/c1-25-19(20(22)26)17(11-23-25)24-21(27)18-9-8-16(29-18)12-28-15-7-6-13-4-2-3-5-14(13)10-15/h2-11H,12H2,1H3,(H2,22,26)(H,24,27). The molecule has 2 amide bonds. The summed E-state index contributed by atoms with van der Waals surface area (Å²) in [4.78, 5) is 23.9. The Labute approximate surface area is 165 Å². The first kappa shape index (κ1) is 18.3. The van der Waals surface area contributed by atoms with Crippen molar-refractivity contribution in [3.8, 4) is 5.75 Å². The van der Waals surface area contributed by atoms with Gasteiger partial charge < -0.3 is 20.2 Å². The smallest absolute Gasteiger partial charge is 0.291 e. The van der Waals surface area contributed by atoms with Gasteiger partial charge in [-0.25, -0.2) is 0 Å². The Morgan fingerprint density at radius 1 is 1.14 bits per heavy atom. The van der Waals surface area contributed by atoms with Crippen LogP contribution in [-0.2, 0) is 13.7 Å². The number of carbonyl (C=O) groups is 2. The molecule has 4 aromatic rings. The molecule has 0 saturated heterocycles. The van der Waals surface area contributed by atoms with Crippen LogP contribution >= 0.6 is 0 Å². The average Bonchev–Trinajstić information content (AvgIpc) is 3.33. The van der Waals surface area contributed by atoms with Crippen molar-refractivity contribution in [2.75, 3.05) is 5.32 Å². The number of fused-ring (bicyclic) bond motifs is 1. The average molecular weight is 390 g/mol. The largest absolute Gasteiger partial charge is 0.486 e. The monoisotopic (exact) mass is 390 g/mol. The fraction of sp³-hybridized carbons (Fsp3) is 0.0952. The first-order valence-corrected chi connectivity index (χ1v) is 8.85. The van der Waals surface area contributed by atoms with Gasteiger partial charge >= 0.3 is 0 Å². The summed E-state index contributed by atoms with van der Waals surface area (Å²) >= 11 is 0. The van der Waals surface area contributed by atoms with E-state index in [1.54, 1.807) is 13.1 Å². The van der Waals surface area contributed by atoms with Gasteiger partial charge in [0, 0.05) is 7.05 Å². The number of hydrogen-bond acceptors (Lipinski definition) is 5. The number of hydrogen-bond donors (Lipinski definition) is 2. The van der Waals surface area contributed by atoms with Gasteiger partial charge in [0.1, 0.15) is 23.8 Å². The molecular weight excluding hydrogens is 372 g/mol. The Morgan fingerprint density at radius 3 is 2.72 bits per heavy atom. The molecule has 0 radical (unpaired) electrons. The zero-order chi connectivity index (χ0) is 20.4. The topological polar surface area (TPSA) is 112 Å². The van der Waals surface area contributed by atoms with Gasteiger partial charge in [-0.05, 0) is 35.0 Å². The summed E-state index contributed by atoms with van der Waals surface area (Å²) < 4.78 is 12.6. The molecule has 146 valence electrons. The Balaban J connectivity index is 1.42. The summed E-state index contributed by atoms with van der Waals surface area (Å²) in [5, 5.41) is 8.71. The fourth-order valence-corrected chi connectivity index (χ4v) is 2.99. The van der Waals surface area contributed by atoms with Crippen LogP contribution in [0.4, 0.5) is 5.69 Å². The highest BCUT2D eigenvalue weighted by Crippen LogP contribution is 2.22. The maximum atomic E-state index is 12.4. The molecule has 0 atom stereocenters. The van der Waals surface area contributed by atoms with E-state index < -0.39 is 11.8 Å². The molecule has 3 N–H and O–H groups in total. The molecule has 0 aliphatic rings. The molecule has 29 heavy (non-hydrogen) atoms. The number of aromatic nitrogens is 2. The molecule has 0 saturated carbocycles. The molecule has 2 heterocycles.